The molecule has 0 aliphatic rings. The van der Waals surface area contributed by atoms with E-state index >= 15 is 0 Å². The summed E-state index contributed by atoms with van der Waals surface area (Å²) in [5, 5.41) is 11.7. The highest BCUT2D eigenvalue weighted by atomic mass is 32.2. The second kappa shape index (κ2) is 6.76. The van der Waals surface area contributed by atoms with E-state index in [-0.39, 0.29) is 30.0 Å². The van der Waals surface area contributed by atoms with Crippen LogP contribution < -0.4 is 0 Å². The van der Waals surface area contributed by atoms with Crippen LogP contribution in [0.4, 0.5) is 4.39 Å². The molecular formula is C15H19FN2O4S. The van der Waals surface area contributed by atoms with Crippen LogP contribution in [0.2, 0.25) is 0 Å². The van der Waals surface area contributed by atoms with E-state index in [1.165, 1.54) is 13.0 Å². The topological polar surface area (TPSA) is 93.3 Å². The number of rotatable bonds is 6. The first kappa shape index (κ1) is 17.6. The first-order valence-corrected chi connectivity index (χ1v) is 8.88. The standard InChI is InChI=1S/C15H19FN2O4S/c1-9(7-19)8-23(20,21)11(3)15-17-14(18-22-15)12-5-4-10(2)13(16)6-12/h4-6,9,11,19H,7-8H2,1-3H3. The molecule has 23 heavy (non-hydrogen) atoms. The number of aryl methyl sites for hydroxylation is 1. The summed E-state index contributed by atoms with van der Waals surface area (Å²) < 4.78 is 43.1. The monoisotopic (exact) mass is 342 g/mol. The van der Waals surface area contributed by atoms with Gasteiger partial charge in [-0.3, -0.25) is 0 Å². The Balaban J connectivity index is 2.26. The lowest BCUT2D eigenvalue weighted by Gasteiger charge is -2.12. The third-order valence-electron chi connectivity index (χ3n) is 3.59. The molecule has 0 radical (unpaired) electrons. The zero-order valence-corrected chi connectivity index (χ0v) is 14.0. The third-order valence-corrected chi connectivity index (χ3v) is 5.90. The smallest absolute Gasteiger partial charge is 0.245 e. The Morgan fingerprint density at radius 2 is 2.04 bits per heavy atom. The van der Waals surface area contributed by atoms with Gasteiger partial charge in [-0.15, -0.1) is 0 Å². The Morgan fingerprint density at radius 3 is 2.65 bits per heavy atom. The molecule has 126 valence electrons. The molecule has 0 bridgehead atoms. The van der Waals surface area contributed by atoms with Crippen LogP contribution in [0.25, 0.3) is 11.4 Å². The lowest BCUT2D eigenvalue weighted by Crippen LogP contribution is -2.21. The summed E-state index contributed by atoms with van der Waals surface area (Å²) in [4.78, 5) is 4.06. The molecule has 1 N–H and O–H groups in total. The van der Waals surface area contributed by atoms with Gasteiger partial charge in [-0.1, -0.05) is 24.2 Å². The average Bonchev–Trinajstić information content (AvgIpc) is 2.98. The number of hydrogen-bond donors (Lipinski definition) is 1. The highest BCUT2D eigenvalue weighted by molar-refractivity contribution is 7.91. The molecule has 2 atom stereocenters. The van der Waals surface area contributed by atoms with Crippen LogP contribution in [0, 0.1) is 18.7 Å². The van der Waals surface area contributed by atoms with Gasteiger partial charge in [-0.2, -0.15) is 4.98 Å². The first-order valence-electron chi connectivity index (χ1n) is 7.17. The van der Waals surface area contributed by atoms with Crippen molar-refractivity contribution in [3.8, 4) is 11.4 Å². The number of sulfone groups is 1. The van der Waals surface area contributed by atoms with E-state index in [2.05, 4.69) is 10.1 Å². The fraction of sp³-hybridized carbons (Fsp3) is 0.467. The van der Waals surface area contributed by atoms with Gasteiger partial charge in [0.05, 0.1) is 5.75 Å². The molecule has 0 aliphatic carbocycles. The van der Waals surface area contributed by atoms with Gasteiger partial charge in [0, 0.05) is 12.2 Å². The van der Waals surface area contributed by atoms with Crippen molar-refractivity contribution in [1.29, 1.82) is 0 Å². The molecule has 1 aromatic heterocycles. The predicted molar refractivity (Wildman–Crippen MR) is 82.9 cm³/mol. The van der Waals surface area contributed by atoms with Crippen molar-refractivity contribution >= 4 is 9.84 Å². The lowest BCUT2D eigenvalue weighted by molar-refractivity contribution is 0.248. The maximum Gasteiger partial charge on any atom is 0.245 e. The maximum absolute atomic E-state index is 13.6. The van der Waals surface area contributed by atoms with Crippen LogP contribution in [0.1, 0.15) is 30.6 Å². The third kappa shape index (κ3) is 3.94. The van der Waals surface area contributed by atoms with Crippen LogP contribution >= 0.6 is 0 Å². The zero-order valence-electron chi connectivity index (χ0n) is 13.2. The fourth-order valence-corrected chi connectivity index (χ4v) is 3.59. The molecule has 1 aromatic carbocycles. The summed E-state index contributed by atoms with van der Waals surface area (Å²) in [6.45, 7) is 4.51. The molecular weight excluding hydrogens is 323 g/mol. The molecule has 0 fully saturated rings. The summed E-state index contributed by atoms with van der Waals surface area (Å²) in [6, 6.07) is 4.50. The van der Waals surface area contributed by atoms with Gasteiger partial charge in [0.15, 0.2) is 9.84 Å². The number of hydrogen-bond acceptors (Lipinski definition) is 6. The van der Waals surface area contributed by atoms with E-state index < -0.39 is 20.9 Å². The molecule has 2 aromatic rings. The largest absolute Gasteiger partial charge is 0.396 e. The van der Waals surface area contributed by atoms with Gasteiger partial charge >= 0.3 is 0 Å². The summed E-state index contributed by atoms with van der Waals surface area (Å²) in [5.74, 6) is -0.869. The molecule has 0 aliphatic heterocycles. The maximum atomic E-state index is 13.6. The number of nitrogens with zero attached hydrogens (tertiary/aromatic N) is 2. The van der Waals surface area contributed by atoms with Gasteiger partial charge in [0.25, 0.3) is 0 Å². The molecule has 0 saturated heterocycles. The molecule has 1 heterocycles. The molecule has 6 nitrogen and oxygen atoms in total. The van der Waals surface area contributed by atoms with Gasteiger partial charge in [0.1, 0.15) is 11.1 Å². The minimum Gasteiger partial charge on any atom is -0.396 e. The van der Waals surface area contributed by atoms with Gasteiger partial charge in [-0.05, 0) is 31.4 Å². The highest BCUT2D eigenvalue weighted by Crippen LogP contribution is 2.26. The number of aliphatic hydroxyl groups excluding tert-OH is 1. The van der Waals surface area contributed by atoms with Crippen molar-refractivity contribution in [3.05, 3.63) is 35.5 Å². The lowest BCUT2D eigenvalue weighted by atomic mass is 10.1. The van der Waals surface area contributed by atoms with Crippen LogP contribution in [0.3, 0.4) is 0 Å². The molecule has 2 rings (SSSR count). The molecule has 8 heteroatoms. The molecule has 2 unspecified atom stereocenters. The van der Waals surface area contributed by atoms with Gasteiger partial charge < -0.3 is 9.63 Å². The second-order valence-electron chi connectivity index (χ2n) is 5.68. The van der Waals surface area contributed by atoms with E-state index in [9.17, 15) is 12.8 Å². The Hall–Kier alpha value is -1.80. The minimum atomic E-state index is -3.54. The Labute approximate surface area is 134 Å². The summed E-state index contributed by atoms with van der Waals surface area (Å²) >= 11 is 0. The molecule has 0 amide bonds. The normalized spacial score (nSPS) is 14.7. The SMILES string of the molecule is Cc1ccc(-c2noc(C(C)S(=O)(=O)CC(C)CO)n2)cc1F. The van der Waals surface area contributed by atoms with Gasteiger partial charge in [0.2, 0.25) is 11.7 Å². The van der Waals surface area contributed by atoms with Crippen LogP contribution in [-0.2, 0) is 9.84 Å². The van der Waals surface area contributed by atoms with Crippen LogP contribution in [-0.4, -0.2) is 36.0 Å². The number of aliphatic hydroxyl groups is 1. The van der Waals surface area contributed by atoms with E-state index in [1.54, 1.807) is 26.0 Å². The van der Waals surface area contributed by atoms with E-state index in [1.807, 2.05) is 0 Å². The van der Waals surface area contributed by atoms with Crippen molar-refractivity contribution < 1.29 is 22.4 Å². The molecule has 0 saturated carbocycles. The summed E-state index contributed by atoms with van der Waals surface area (Å²) in [5.41, 5.74) is 0.905. The van der Waals surface area contributed by atoms with E-state index in [4.69, 9.17) is 9.63 Å². The number of aromatic nitrogens is 2. The fourth-order valence-electron chi connectivity index (χ4n) is 2.00. The summed E-state index contributed by atoms with van der Waals surface area (Å²) in [6.07, 6.45) is 0. The van der Waals surface area contributed by atoms with E-state index in [0.29, 0.717) is 11.1 Å². The quantitative estimate of drug-likeness (QED) is 0.866. The predicted octanol–water partition coefficient (Wildman–Crippen LogP) is 2.29. The Morgan fingerprint density at radius 1 is 1.35 bits per heavy atom. The van der Waals surface area contributed by atoms with Crippen molar-refractivity contribution in [2.45, 2.75) is 26.0 Å². The molecule has 0 spiro atoms. The van der Waals surface area contributed by atoms with Crippen LogP contribution in [0.5, 0.6) is 0 Å². The summed E-state index contributed by atoms with van der Waals surface area (Å²) in [7, 11) is -3.54. The van der Waals surface area contributed by atoms with Crippen molar-refractivity contribution in [3.63, 3.8) is 0 Å². The van der Waals surface area contributed by atoms with Crippen molar-refractivity contribution in [1.82, 2.24) is 10.1 Å². The highest BCUT2D eigenvalue weighted by Gasteiger charge is 2.29. The number of halogens is 1. The minimum absolute atomic E-state index is 0.0499. The van der Waals surface area contributed by atoms with Crippen molar-refractivity contribution in [2.75, 3.05) is 12.4 Å². The number of benzene rings is 1. The van der Waals surface area contributed by atoms with Crippen molar-refractivity contribution in [2.24, 2.45) is 5.92 Å². The zero-order chi connectivity index (χ0) is 17.2. The first-order chi connectivity index (χ1) is 10.7. The van der Waals surface area contributed by atoms with Gasteiger partial charge in [-0.25, -0.2) is 12.8 Å². The average molecular weight is 342 g/mol. The van der Waals surface area contributed by atoms with Crippen LogP contribution in [0.15, 0.2) is 22.7 Å². The second-order valence-corrected chi connectivity index (χ2v) is 8.05. The Bertz CT molecular complexity index is 789. The van der Waals surface area contributed by atoms with E-state index in [0.717, 1.165) is 0 Å². The Kier molecular flexibility index (Phi) is 5.16.